The molecule has 1 N–H and O–H groups in total. The molecule has 0 aliphatic rings. The minimum absolute atomic E-state index is 0.373. The van der Waals surface area contributed by atoms with Crippen molar-refractivity contribution in [1.82, 2.24) is 4.98 Å². The number of carbonyl (C=O) groups is 1. The fraction of sp³-hybridized carbons (Fsp3) is 0.0588. The van der Waals surface area contributed by atoms with Crippen LogP contribution in [0.3, 0.4) is 0 Å². The lowest BCUT2D eigenvalue weighted by molar-refractivity contribution is 0.215. The third-order valence-electron chi connectivity index (χ3n) is 3.19. The summed E-state index contributed by atoms with van der Waals surface area (Å²) in [6.45, 7) is 1.88. The molecule has 2 aromatic carbocycles. The van der Waals surface area contributed by atoms with Crippen LogP contribution in [0.15, 0.2) is 48.5 Å². The zero-order valence-electron chi connectivity index (χ0n) is 12.1. The van der Waals surface area contributed by atoms with Gasteiger partial charge in [-0.25, -0.2) is 9.78 Å². The molecule has 0 fully saturated rings. The first-order chi connectivity index (χ1) is 11.0. The SMILES string of the molecule is Cc1ccc2cccc(OC(=O)Nc3cc(Cl)ccc3Cl)c2n1. The van der Waals surface area contributed by atoms with E-state index in [-0.39, 0.29) is 0 Å². The Morgan fingerprint density at radius 1 is 1.13 bits per heavy atom. The van der Waals surface area contributed by atoms with Gasteiger partial charge < -0.3 is 4.74 Å². The van der Waals surface area contributed by atoms with Crippen molar-refractivity contribution in [3.63, 3.8) is 0 Å². The summed E-state index contributed by atoms with van der Waals surface area (Å²) in [5.74, 6) is 0.377. The van der Waals surface area contributed by atoms with E-state index in [4.69, 9.17) is 27.9 Å². The van der Waals surface area contributed by atoms with Gasteiger partial charge in [0.25, 0.3) is 0 Å². The van der Waals surface area contributed by atoms with Crippen molar-refractivity contribution >= 4 is 45.9 Å². The fourth-order valence-electron chi connectivity index (χ4n) is 2.13. The summed E-state index contributed by atoms with van der Waals surface area (Å²) in [6.07, 6.45) is -0.662. The maximum Gasteiger partial charge on any atom is 0.417 e. The third-order valence-corrected chi connectivity index (χ3v) is 3.75. The Labute approximate surface area is 143 Å². The summed E-state index contributed by atoms with van der Waals surface area (Å²) in [6, 6.07) is 14.0. The Morgan fingerprint density at radius 3 is 2.78 bits per heavy atom. The van der Waals surface area contributed by atoms with Crippen LogP contribution in [-0.4, -0.2) is 11.1 Å². The summed E-state index contributed by atoms with van der Waals surface area (Å²) < 4.78 is 5.37. The number of halogens is 2. The molecule has 0 aliphatic carbocycles. The molecule has 3 rings (SSSR count). The number of nitrogens with zero attached hydrogens (tertiary/aromatic N) is 1. The highest BCUT2D eigenvalue weighted by molar-refractivity contribution is 6.35. The van der Waals surface area contributed by atoms with Crippen molar-refractivity contribution in [2.45, 2.75) is 6.92 Å². The van der Waals surface area contributed by atoms with Gasteiger partial charge in [0, 0.05) is 16.1 Å². The number of rotatable bonds is 2. The van der Waals surface area contributed by atoms with Crippen molar-refractivity contribution in [2.24, 2.45) is 0 Å². The van der Waals surface area contributed by atoms with Crippen LogP contribution in [0, 0.1) is 6.92 Å². The van der Waals surface area contributed by atoms with Crippen LogP contribution in [0.4, 0.5) is 10.5 Å². The number of aryl methyl sites for hydroxylation is 1. The van der Waals surface area contributed by atoms with Gasteiger partial charge in [0.2, 0.25) is 0 Å². The molecule has 0 atom stereocenters. The minimum Gasteiger partial charge on any atom is -0.408 e. The van der Waals surface area contributed by atoms with E-state index < -0.39 is 6.09 Å². The Bertz CT molecular complexity index is 897. The number of anilines is 1. The number of pyridine rings is 1. The van der Waals surface area contributed by atoms with Crippen LogP contribution in [-0.2, 0) is 0 Å². The van der Waals surface area contributed by atoms with Gasteiger partial charge >= 0.3 is 6.09 Å². The molecule has 0 saturated carbocycles. The van der Waals surface area contributed by atoms with E-state index in [1.165, 1.54) is 0 Å². The van der Waals surface area contributed by atoms with E-state index in [0.29, 0.717) is 27.0 Å². The van der Waals surface area contributed by atoms with Gasteiger partial charge in [0.05, 0.1) is 10.7 Å². The van der Waals surface area contributed by atoms with Crippen LogP contribution < -0.4 is 10.1 Å². The highest BCUT2D eigenvalue weighted by atomic mass is 35.5. The normalized spacial score (nSPS) is 10.6. The maximum atomic E-state index is 12.1. The molecule has 0 bridgehead atoms. The number of carbonyl (C=O) groups excluding carboxylic acids is 1. The number of nitrogens with one attached hydrogen (secondary N) is 1. The van der Waals surface area contributed by atoms with E-state index in [9.17, 15) is 4.79 Å². The van der Waals surface area contributed by atoms with Gasteiger partial charge in [-0.3, -0.25) is 5.32 Å². The first kappa shape index (κ1) is 15.6. The van der Waals surface area contributed by atoms with E-state index in [2.05, 4.69) is 10.3 Å². The van der Waals surface area contributed by atoms with E-state index in [1.54, 1.807) is 30.3 Å². The fourth-order valence-corrected chi connectivity index (χ4v) is 2.47. The van der Waals surface area contributed by atoms with E-state index in [1.807, 2.05) is 25.1 Å². The van der Waals surface area contributed by atoms with E-state index >= 15 is 0 Å². The molecular formula is C17H12Cl2N2O2. The van der Waals surface area contributed by atoms with Gasteiger partial charge in [-0.05, 0) is 37.3 Å². The smallest absolute Gasteiger partial charge is 0.408 e. The Morgan fingerprint density at radius 2 is 1.96 bits per heavy atom. The standard InChI is InChI=1S/C17H12Cl2N2O2/c1-10-5-6-11-3-2-4-15(16(11)20-10)23-17(22)21-14-9-12(18)7-8-13(14)19/h2-9H,1H3,(H,21,22). The van der Waals surface area contributed by atoms with Crippen LogP contribution in [0.5, 0.6) is 5.75 Å². The molecule has 1 aromatic heterocycles. The summed E-state index contributed by atoms with van der Waals surface area (Å²) in [4.78, 5) is 16.5. The average molecular weight is 347 g/mol. The number of hydrogen-bond donors (Lipinski definition) is 1. The first-order valence-electron chi connectivity index (χ1n) is 6.83. The van der Waals surface area contributed by atoms with Crippen LogP contribution in [0.25, 0.3) is 10.9 Å². The number of amides is 1. The van der Waals surface area contributed by atoms with Crippen LogP contribution in [0.1, 0.15) is 5.69 Å². The predicted octanol–water partition coefficient (Wildman–Crippen LogP) is 5.46. The van der Waals surface area contributed by atoms with Crippen molar-refractivity contribution in [3.8, 4) is 5.75 Å². The lowest BCUT2D eigenvalue weighted by Gasteiger charge is -2.10. The molecule has 3 aromatic rings. The lowest BCUT2D eigenvalue weighted by atomic mass is 10.2. The second-order valence-corrected chi connectivity index (χ2v) is 5.76. The minimum atomic E-state index is -0.662. The largest absolute Gasteiger partial charge is 0.417 e. The molecular weight excluding hydrogens is 335 g/mol. The molecule has 0 radical (unpaired) electrons. The number of benzene rings is 2. The van der Waals surface area contributed by atoms with Crippen molar-refractivity contribution in [1.29, 1.82) is 0 Å². The zero-order valence-corrected chi connectivity index (χ0v) is 13.7. The highest BCUT2D eigenvalue weighted by Gasteiger charge is 2.11. The molecule has 0 unspecified atom stereocenters. The summed E-state index contributed by atoms with van der Waals surface area (Å²) in [7, 11) is 0. The van der Waals surface area contributed by atoms with Crippen molar-refractivity contribution in [3.05, 3.63) is 64.3 Å². The molecule has 0 spiro atoms. The molecule has 1 heterocycles. The number of ether oxygens (including phenoxy) is 1. The molecule has 0 saturated heterocycles. The quantitative estimate of drug-likeness (QED) is 0.670. The number of hydrogen-bond acceptors (Lipinski definition) is 3. The van der Waals surface area contributed by atoms with Gasteiger partial charge in [-0.1, -0.05) is 41.4 Å². The Kier molecular flexibility index (Phi) is 4.37. The second kappa shape index (κ2) is 6.44. The van der Waals surface area contributed by atoms with E-state index in [0.717, 1.165) is 11.1 Å². The second-order valence-electron chi connectivity index (χ2n) is 4.92. The topological polar surface area (TPSA) is 51.2 Å². The summed E-state index contributed by atoms with van der Waals surface area (Å²) in [5, 5.41) is 4.30. The van der Waals surface area contributed by atoms with Crippen molar-refractivity contribution in [2.75, 3.05) is 5.32 Å². The van der Waals surface area contributed by atoms with Gasteiger partial charge in [-0.15, -0.1) is 0 Å². The van der Waals surface area contributed by atoms with Gasteiger partial charge in [0.1, 0.15) is 5.52 Å². The number of para-hydroxylation sites is 1. The molecule has 4 nitrogen and oxygen atoms in total. The van der Waals surface area contributed by atoms with Gasteiger partial charge in [0.15, 0.2) is 5.75 Å². The first-order valence-corrected chi connectivity index (χ1v) is 7.59. The molecule has 116 valence electrons. The van der Waals surface area contributed by atoms with Gasteiger partial charge in [-0.2, -0.15) is 0 Å². The van der Waals surface area contributed by atoms with Crippen molar-refractivity contribution < 1.29 is 9.53 Å². The van der Waals surface area contributed by atoms with Crippen LogP contribution >= 0.6 is 23.2 Å². The Balaban J connectivity index is 1.86. The van der Waals surface area contributed by atoms with Crippen LogP contribution in [0.2, 0.25) is 10.0 Å². The number of aromatic nitrogens is 1. The average Bonchev–Trinajstić information content (AvgIpc) is 2.51. The molecule has 0 aliphatic heterocycles. The zero-order chi connectivity index (χ0) is 16.4. The Hall–Kier alpha value is -2.30. The highest BCUT2D eigenvalue weighted by Crippen LogP contribution is 2.27. The lowest BCUT2D eigenvalue weighted by Crippen LogP contribution is -2.17. The molecule has 1 amide bonds. The molecule has 6 heteroatoms. The summed E-state index contributed by atoms with van der Waals surface area (Å²) in [5.41, 5.74) is 1.85. The predicted molar refractivity (Wildman–Crippen MR) is 92.6 cm³/mol. The molecule has 23 heavy (non-hydrogen) atoms. The monoisotopic (exact) mass is 346 g/mol. The number of fused-ring (bicyclic) bond motifs is 1. The summed E-state index contributed by atoms with van der Waals surface area (Å²) >= 11 is 11.9. The maximum absolute atomic E-state index is 12.1. The third kappa shape index (κ3) is 3.55.